The van der Waals surface area contributed by atoms with Crippen molar-refractivity contribution >= 4 is 0 Å². The number of piperidine rings is 1. The number of nitrogens with zero attached hydrogens (tertiary/aromatic N) is 1. The molecule has 3 N–H and O–H groups in total. The molecule has 4 nitrogen and oxygen atoms in total. The molecule has 0 saturated carbocycles. The fraction of sp³-hybridized carbons (Fsp3) is 0.600. The minimum absolute atomic E-state index is 0.203. The molecule has 106 valence electrons. The summed E-state index contributed by atoms with van der Waals surface area (Å²) in [4.78, 5) is 2.38. The highest BCUT2D eigenvalue weighted by Gasteiger charge is 2.22. The average molecular weight is 264 g/mol. The second kappa shape index (κ2) is 6.26. The number of phenols is 1. The van der Waals surface area contributed by atoms with Crippen LogP contribution in [0.3, 0.4) is 0 Å². The van der Waals surface area contributed by atoms with Gasteiger partial charge in [0.05, 0.1) is 6.61 Å². The van der Waals surface area contributed by atoms with Crippen molar-refractivity contribution in [2.45, 2.75) is 32.9 Å². The Morgan fingerprint density at radius 2 is 2.21 bits per heavy atom. The van der Waals surface area contributed by atoms with E-state index in [1.165, 1.54) is 0 Å². The number of benzene rings is 1. The monoisotopic (exact) mass is 264 g/mol. The zero-order valence-corrected chi connectivity index (χ0v) is 11.8. The molecule has 0 radical (unpaired) electrons. The van der Waals surface area contributed by atoms with Gasteiger partial charge in [-0.25, -0.2) is 0 Å². The summed E-state index contributed by atoms with van der Waals surface area (Å²) >= 11 is 0. The zero-order valence-electron chi connectivity index (χ0n) is 11.8. The predicted molar refractivity (Wildman–Crippen MR) is 76.3 cm³/mol. The van der Waals surface area contributed by atoms with Gasteiger partial charge in [-0.2, -0.15) is 0 Å². The molecule has 0 spiro atoms. The summed E-state index contributed by atoms with van der Waals surface area (Å²) in [5.74, 6) is 1.41. The quantitative estimate of drug-likeness (QED) is 0.873. The van der Waals surface area contributed by atoms with Crippen LogP contribution < -0.4 is 10.5 Å². The summed E-state index contributed by atoms with van der Waals surface area (Å²) in [5.41, 5.74) is 7.22. The summed E-state index contributed by atoms with van der Waals surface area (Å²) in [7, 11) is 0. The van der Waals surface area contributed by atoms with E-state index in [0.717, 1.165) is 31.6 Å². The lowest BCUT2D eigenvalue weighted by molar-refractivity contribution is 0.158. The van der Waals surface area contributed by atoms with E-state index in [2.05, 4.69) is 11.8 Å². The van der Waals surface area contributed by atoms with Crippen LogP contribution in [-0.2, 0) is 6.54 Å². The zero-order chi connectivity index (χ0) is 13.8. The normalized spacial score (nSPS) is 24.4. The van der Waals surface area contributed by atoms with Gasteiger partial charge in [0.25, 0.3) is 0 Å². The van der Waals surface area contributed by atoms with E-state index >= 15 is 0 Å². The van der Waals surface area contributed by atoms with Crippen molar-refractivity contribution in [3.63, 3.8) is 0 Å². The Kier molecular flexibility index (Phi) is 4.66. The Hall–Kier alpha value is -1.26. The van der Waals surface area contributed by atoms with Crippen molar-refractivity contribution in [2.24, 2.45) is 11.7 Å². The first-order valence-electron chi connectivity index (χ1n) is 7.01. The van der Waals surface area contributed by atoms with Gasteiger partial charge in [-0.1, -0.05) is 13.0 Å². The van der Waals surface area contributed by atoms with Crippen LogP contribution in [0.1, 0.15) is 25.8 Å². The van der Waals surface area contributed by atoms with E-state index in [9.17, 15) is 5.11 Å². The van der Waals surface area contributed by atoms with Crippen LogP contribution >= 0.6 is 0 Å². The fourth-order valence-corrected chi connectivity index (χ4v) is 2.83. The molecule has 1 aliphatic rings. The van der Waals surface area contributed by atoms with Crippen LogP contribution in [0.15, 0.2) is 18.2 Å². The summed E-state index contributed by atoms with van der Waals surface area (Å²) < 4.78 is 5.42. The summed E-state index contributed by atoms with van der Waals surface area (Å²) in [6, 6.07) is 5.84. The Balaban J connectivity index is 2.04. The standard InChI is InChI=1S/C15H24N2O2/c1-3-19-15-7-12(4-5-14(15)18)9-17-8-11(2)6-13(16)10-17/h4-5,7,11,13,18H,3,6,8-10,16H2,1-2H3. The molecule has 1 saturated heterocycles. The van der Waals surface area contributed by atoms with Gasteiger partial charge in [-0.15, -0.1) is 0 Å². The van der Waals surface area contributed by atoms with Crippen LogP contribution in [0.5, 0.6) is 11.5 Å². The number of hydrogen-bond donors (Lipinski definition) is 2. The van der Waals surface area contributed by atoms with E-state index in [1.54, 1.807) is 6.07 Å². The third kappa shape index (κ3) is 3.85. The summed E-state index contributed by atoms with van der Waals surface area (Å²) in [6.45, 7) is 7.60. The van der Waals surface area contributed by atoms with Gasteiger partial charge in [0.15, 0.2) is 11.5 Å². The molecule has 1 heterocycles. The van der Waals surface area contributed by atoms with E-state index < -0.39 is 0 Å². The highest BCUT2D eigenvalue weighted by Crippen LogP contribution is 2.28. The van der Waals surface area contributed by atoms with Crippen molar-refractivity contribution in [2.75, 3.05) is 19.7 Å². The first-order valence-corrected chi connectivity index (χ1v) is 7.01. The highest BCUT2D eigenvalue weighted by atomic mass is 16.5. The Bertz CT molecular complexity index is 413. The Morgan fingerprint density at radius 1 is 1.42 bits per heavy atom. The molecule has 0 aliphatic carbocycles. The Morgan fingerprint density at radius 3 is 2.89 bits per heavy atom. The van der Waals surface area contributed by atoms with E-state index in [0.29, 0.717) is 18.3 Å². The van der Waals surface area contributed by atoms with Crippen molar-refractivity contribution in [1.82, 2.24) is 4.90 Å². The molecule has 2 unspecified atom stereocenters. The maximum absolute atomic E-state index is 9.70. The van der Waals surface area contributed by atoms with Gasteiger partial charge in [-0.3, -0.25) is 4.90 Å². The number of likely N-dealkylation sites (tertiary alicyclic amines) is 1. The molecule has 4 heteroatoms. The van der Waals surface area contributed by atoms with Crippen LogP contribution in [0.2, 0.25) is 0 Å². The maximum Gasteiger partial charge on any atom is 0.161 e. The van der Waals surface area contributed by atoms with Gasteiger partial charge in [0.2, 0.25) is 0 Å². The van der Waals surface area contributed by atoms with E-state index in [1.807, 2.05) is 19.1 Å². The minimum atomic E-state index is 0.203. The topological polar surface area (TPSA) is 58.7 Å². The summed E-state index contributed by atoms with van der Waals surface area (Å²) in [6.07, 6.45) is 1.11. The van der Waals surface area contributed by atoms with Crippen molar-refractivity contribution in [3.8, 4) is 11.5 Å². The number of hydrogen-bond acceptors (Lipinski definition) is 4. The number of aromatic hydroxyl groups is 1. The molecule has 0 aromatic heterocycles. The Labute approximate surface area is 115 Å². The first kappa shape index (κ1) is 14.2. The molecule has 1 aromatic rings. The minimum Gasteiger partial charge on any atom is -0.504 e. The van der Waals surface area contributed by atoms with Crippen LogP contribution in [0.4, 0.5) is 0 Å². The van der Waals surface area contributed by atoms with Gasteiger partial charge in [0.1, 0.15) is 0 Å². The molecule has 1 fully saturated rings. The number of phenolic OH excluding ortho intramolecular Hbond substituents is 1. The fourth-order valence-electron chi connectivity index (χ4n) is 2.83. The molecule has 1 aromatic carbocycles. The SMILES string of the molecule is CCOc1cc(CN2CC(C)CC(N)C2)ccc1O. The predicted octanol–water partition coefficient (Wildman–Crippen LogP) is 1.96. The van der Waals surface area contributed by atoms with Crippen LogP contribution in [0, 0.1) is 5.92 Å². The van der Waals surface area contributed by atoms with Gasteiger partial charge < -0.3 is 15.6 Å². The molecule has 0 bridgehead atoms. The molecule has 19 heavy (non-hydrogen) atoms. The second-order valence-electron chi connectivity index (χ2n) is 5.53. The highest BCUT2D eigenvalue weighted by molar-refractivity contribution is 5.41. The maximum atomic E-state index is 9.70. The lowest BCUT2D eigenvalue weighted by Crippen LogP contribution is -2.45. The van der Waals surface area contributed by atoms with E-state index in [4.69, 9.17) is 10.5 Å². The van der Waals surface area contributed by atoms with Crippen molar-refractivity contribution in [1.29, 1.82) is 0 Å². The molecule has 2 rings (SSSR count). The van der Waals surface area contributed by atoms with Crippen molar-refractivity contribution < 1.29 is 9.84 Å². The van der Waals surface area contributed by atoms with Crippen molar-refractivity contribution in [3.05, 3.63) is 23.8 Å². The van der Waals surface area contributed by atoms with Crippen LogP contribution in [-0.4, -0.2) is 35.7 Å². The molecular formula is C15H24N2O2. The largest absolute Gasteiger partial charge is 0.504 e. The number of nitrogens with two attached hydrogens (primary N) is 1. The molecular weight excluding hydrogens is 240 g/mol. The second-order valence-corrected chi connectivity index (χ2v) is 5.53. The molecule has 0 amide bonds. The first-order chi connectivity index (χ1) is 9.08. The van der Waals surface area contributed by atoms with Gasteiger partial charge >= 0.3 is 0 Å². The average Bonchev–Trinajstić information content (AvgIpc) is 2.32. The lowest BCUT2D eigenvalue weighted by Gasteiger charge is -2.34. The lowest BCUT2D eigenvalue weighted by atomic mass is 9.96. The molecule has 1 aliphatic heterocycles. The molecule has 2 atom stereocenters. The van der Waals surface area contributed by atoms with Gasteiger partial charge in [-0.05, 0) is 37.0 Å². The smallest absolute Gasteiger partial charge is 0.161 e. The van der Waals surface area contributed by atoms with E-state index in [-0.39, 0.29) is 11.8 Å². The summed E-state index contributed by atoms with van der Waals surface area (Å²) in [5, 5.41) is 9.70. The number of ether oxygens (including phenoxy) is 1. The number of rotatable bonds is 4. The van der Waals surface area contributed by atoms with Crippen LogP contribution in [0.25, 0.3) is 0 Å². The van der Waals surface area contributed by atoms with Gasteiger partial charge in [0, 0.05) is 25.7 Å². The third-order valence-electron chi connectivity index (χ3n) is 3.50. The third-order valence-corrected chi connectivity index (χ3v) is 3.50.